The number of amides is 1. The molecule has 0 saturated heterocycles. The van der Waals surface area contributed by atoms with Gasteiger partial charge in [0.05, 0.1) is 11.4 Å². The van der Waals surface area contributed by atoms with Gasteiger partial charge in [0.25, 0.3) is 5.91 Å². The zero-order valence-electron chi connectivity index (χ0n) is 16.9. The SMILES string of the molecule is C/C(=N/NC(=O)c1cc(-c2ccc(-c3ccccc3)cc2)n[nH]1)c1ccc(C)cc1. The summed E-state index contributed by atoms with van der Waals surface area (Å²) in [6.07, 6.45) is 0. The molecular formula is C25H22N4O. The molecule has 0 spiro atoms. The maximum Gasteiger partial charge on any atom is 0.289 e. The van der Waals surface area contributed by atoms with E-state index in [0.29, 0.717) is 11.4 Å². The predicted molar refractivity (Wildman–Crippen MR) is 120 cm³/mol. The van der Waals surface area contributed by atoms with Crippen LogP contribution in [0.15, 0.2) is 90.0 Å². The van der Waals surface area contributed by atoms with E-state index in [1.54, 1.807) is 6.07 Å². The molecule has 0 atom stereocenters. The van der Waals surface area contributed by atoms with Crippen LogP contribution >= 0.6 is 0 Å². The fraction of sp³-hybridized carbons (Fsp3) is 0.0800. The van der Waals surface area contributed by atoms with Crippen molar-refractivity contribution in [1.82, 2.24) is 15.6 Å². The van der Waals surface area contributed by atoms with Crippen LogP contribution in [0.5, 0.6) is 0 Å². The first kappa shape index (κ1) is 19.3. The number of H-pyrrole nitrogens is 1. The van der Waals surface area contributed by atoms with Crippen molar-refractivity contribution in [3.05, 3.63) is 102 Å². The van der Waals surface area contributed by atoms with Crippen LogP contribution in [-0.2, 0) is 0 Å². The largest absolute Gasteiger partial charge is 0.289 e. The van der Waals surface area contributed by atoms with Crippen LogP contribution in [0.3, 0.4) is 0 Å². The van der Waals surface area contributed by atoms with E-state index in [0.717, 1.165) is 28.0 Å². The Morgan fingerprint density at radius 1 is 0.867 bits per heavy atom. The first-order valence-corrected chi connectivity index (χ1v) is 9.73. The van der Waals surface area contributed by atoms with Crippen LogP contribution in [0, 0.1) is 6.92 Å². The van der Waals surface area contributed by atoms with Crippen LogP contribution in [0.4, 0.5) is 0 Å². The lowest BCUT2D eigenvalue weighted by Gasteiger charge is -2.03. The Morgan fingerprint density at radius 2 is 1.50 bits per heavy atom. The van der Waals surface area contributed by atoms with Crippen molar-refractivity contribution in [2.75, 3.05) is 0 Å². The van der Waals surface area contributed by atoms with Crippen molar-refractivity contribution < 1.29 is 4.79 Å². The number of hydrogen-bond donors (Lipinski definition) is 2. The number of rotatable bonds is 5. The van der Waals surface area contributed by atoms with Gasteiger partial charge in [-0.25, -0.2) is 5.43 Å². The van der Waals surface area contributed by atoms with Gasteiger partial charge in [-0.2, -0.15) is 10.2 Å². The summed E-state index contributed by atoms with van der Waals surface area (Å²) in [7, 11) is 0. The number of hydrazone groups is 1. The van der Waals surface area contributed by atoms with E-state index >= 15 is 0 Å². The van der Waals surface area contributed by atoms with Crippen molar-refractivity contribution in [2.24, 2.45) is 5.10 Å². The lowest BCUT2D eigenvalue weighted by atomic mass is 10.0. The summed E-state index contributed by atoms with van der Waals surface area (Å²) in [5.41, 5.74) is 9.76. The molecular weight excluding hydrogens is 372 g/mol. The van der Waals surface area contributed by atoms with E-state index in [1.165, 1.54) is 5.56 Å². The van der Waals surface area contributed by atoms with E-state index in [2.05, 4.69) is 32.9 Å². The molecule has 1 heterocycles. The van der Waals surface area contributed by atoms with Crippen molar-refractivity contribution >= 4 is 11.6 Å². The van der Waals surface area contributed by atoms with Crippen molar-refractivity contribution in [1.29, 1.82) is 0 Å². The highest BCUT2D eigenvalue weighted by Gasteiger charge is 2.11. The average Bonchev–Trinajstić information content (AvgIpc) is 3.29. The van der Waals surface area contributed by atoms with Crippen molar-refractivity contribution in [2.45, 2.75) is 13.8 Å². The van der Waals surface area contributed by atoms with Gasteiger partial charge in [0, 0.05) is 5.56 Å². The van der Waals surface area contributed by atoms with Crippen LogP contribution in [-0.4, -0.2) is 21.8 Å². The van der Waals surface area contributed by atoms with Gasteiger partial charge in [0.15, 0.2) is 0 Å². The summed E-state index contributed by atoms with van der Waals surface area (Å²) < 4.78 is 0. The quantitative estimate of drug-likeness (QED) is 0.360. The molecule has 5 nitrogen and oxygen atoms in total. The number of aryl methyl sites for hydroxylation is 1. The molecule has 0 unspecified atom stereocenters. The molecule has 0 aliphatic carbocycles. The number of nitrogens with zero attached hydrogens (tertiary/aromatic N) is 2. The third kappa shape index (κ3) is 4.36. The minimum Gasteiger partial charge on any atom is -0.272 e. The molecule has 0 bridgehead atoms. The summed E-state index contributed by atoms with van der Waals surface area (Å²) in [6.45, 7) is 3.89. The molecule has 1 aromatic heterocycles. The molecule has 0 fully saturated rings. The predicted octanol–water partition coefficient (Wildman–Crippen LogP) is 5.21. The number of nitrogens with one attached hydrogen (secondary N) is 2. The summed E-state index contributed by atoms with van der Waals surface area (Å²) in [4.78, 5) is 12.4. The lowest BCUT2D eigenvalue weighted by molar-refractivity contribution is 0.0950. The number of carbonyl (C=O) groups is 1. The zero-order valence-corrected chi connectivity index (χ0v) is 16.9. The molecule has 0 aliphatic rings. The lowest BCUT2D eigenvalue weighted by Crippen LogP contribution is -2.19. The summed E-state index contributed by atoms with van der Waals surface area (Å²) >= 11 is 0. The molecule has 3 aromatic carbocycles. The molecule has 0 saturated carbocycles. The van der Waals surface area contributed by atoms with E-state index in [4.69, 9.17) is 0 Å². The molecule has 30 heavy (non-hydrogen) atoms. The maximum absolute atomic E-state index is 12.4. The van der Waals surface area contributed by atoms with Crippen molar-refractivity contribution in [3.8, 4) is 22.4 Å². The molecule has 0 aliphatic heterocycles. The number of benzene rings is 3. The zero-order chi connectivity index (χ0) is 20.9. The standard InChI is InChI=1S/C25H22N4O/c1-17-8-10-19(11-9-17)18(2)26-29-25(30)24-16-23(27-28-24)22-14-12-21(13-15-22)20-6-4-3-5-7-20/h3-16H,1-2H3,(H,27,28)(H,29,30)/b26-18-. The summed E-state index contributed by atoms with van der Waals surface area (Å²) in [6, 6.07) is 28.0. The van der Waals surface area contributed by atoms with Crippen LogP contribution < -0.4 is 5.43 Å². The molecule has 148 valence electrons. The van der Waals surface area contributed by atoms with Gasteiger partial charge in [-0.05, 0) is 36.6 Å². The highest BCUT2D eigenvalue weighted by molar-refractivity contribution is 6.00. The van der Waals surface area contributed by atoms with Gasteiger partial charge in [-0.15, -0.1) is 0 Å². The van der Waals surface area contributed by atoms with Crippen LogP contribution in [0.25, 0.3) is 22.4 Å². The number of carbonyl (C=O) groups excluding carboxylic acids is 1. The Balaban J connectivity index is 1.45. The molecule has 0 radical (unpaired) electrons. The van der Waals surface area contributed by atoms with Gasteiger partial charge < -0.3 is 0 Å². The smallest absolute Gasteiger partial charge is 0.272 e. The fourth-order valence-corrected chi connectivity index (χ4v) is 3.10. The molecule has 4 aromatic rings. The van der Waals surface area contributed by atoms with Gasteiger partial charge in [0.1, 0.15) is 5.69 Å². The first-order valence-electron chi connectivity index (χ1n) is 9.73. The summed E-state index contributed by atoms with van der Waals surface area (Å²) in [5.74, 6) is -0.332. The Kier molecular flexibility index (Phi) is 5.52. The Morgan fingerprint density at radius 3 is 2.20 bits per heavy atom. The van der Waals surface area contributed by atoms with E-state index in [-0.39, 0.29) is 5.91 Å². The van der Waals surface area contributed by atoms with Crippen molar-refractivity contribution in [3.63, 3.8) is 0 Å². The molecule has 5 heteroatoms. The topological polar surface area (TPSA) is 70.1 Å². The van der Waals surface area contributed by atoms with Gasteiger partial charge in [-0.1, -0.05) is 84.4 Å². The maximum atomic E-state index is 12.4. The number of hydrogen-bond acceptors (Lipinski definition) is 3. The second kappa shape index (κ2) is 8.57. The van der Waals surface area contributed by atoms with Crippen LogP contribution in [0.1, 0.15) is 28.5 Å². The normalized spacial score (nSPS) is 11.3. The average molecular weight is 394 g/mol. The molecule has 1 amide bonds. The molecule has 2 N–H and O–H groups in total. The van der Waals surface area contributed by atoms with Gasteiger partial charge in [-0.3, -0.25) is 9.89 Å². The minimum atomic E-state index is -0.332. The van der Waals surface area contributed by atoms with E-state index < -0.39 is 0 Å². The third-order valence-electron chi connectivity index (χ3n) is 4.90. The summed E-state index contributed by atoms with van der Waals surface area (Å²) in [5, 5.41) is 11.3. The second-order valence-electron chi connectivity index (χ2n) is 7.11. The van der Waals surface area contributed by atoms with Gasteiger partial charge >= 0.3 is 0 Å². The van der Waals surface area contributed by atoms with E-state index in [1.807, 2.05) is 80.6 Å². The minimum absolute atomic E-state index is 0.332. The Labute approximate surface area is 175 Å². The Bertz CT molecular complexity index is 1170. The Hall–Kier alpha value is -3.99. The van der Waals surface area contributed by atoms with Crippen LogP contribution in [0.2, 0.25) is 0 Å². The van der Waals surface area contributed by atoms with E-state index in [9.17, 15) is 4.79 Å². The van der Waals surface area contributed by atoms with Gasteiger partial charge in [0.2, 0.25) is 0 Å². The fourth-order valence-electron chi connectivity index (χ4n) is 3.10. The third-order valence-corrected chi connectivity index (χ3v) is 4.90. The molecule has 4 rings (SSSR count). The monoisotopic (exact) mass is 394 g/mol. The second-order valence-corrected chi connectivity index (χ2v) is 7.11. The first-order chi connectivity index (χ1) is 14.6. The highest BCUT2D eigenvalue weighted by Crippen LogP contribution is 2.24. The number of aromatic nitrogens is 2. The number of aromatic amines is 1. The highest BCUT2D eigenvalue weighted by atomic mass is 16.2.